The van der Waals surface area contributed by atoms with E-state index in [1.807, 2.05) is 0 Å². The molecule has 0 saturated carbocycles. The van der Waals surface area contributed by atoms with E-state index in [9.17, 15) is 14.4 Å². The molecule has 25 heavy (non-hydrogen) atoms. The molecule has 2 N–H and O–H groups in total. The Hall–Kier alpha value is -3.35. The van der Waals surface area contributed by atoms with Crippen LogP contribution in [0.4, 0.5) is 5.69 Å². The molecule has 0 heterocycles. The molecule has 2 aromatic rings. The van der Waals surface area contributed by atoms with Crippen LogP contribution in [-0.4, -0.2) is 32.0 Å². The highest BCUT2D eigenvalue weighted by Crippen LogP contribution is 2.16. The molecule has 0 aliphatic carbocycles. The maximum absolute atomic E-state index is 12.0. The lowest BCUT2D eigenvalue weighted by Gasteiger charge is -2.10. The lowest BCUT2D eigenvalue weighted by Crippen LogP contribution is -2.35. The van der Waals surface area contributed by atoms with Gasteiger partial charge in [-0.05, 0) is 29.8 Å². The van der Waals surface area contributed by atoms with Crippen LogP contribution in [0.25, 0.3) is 0 Å². The molecule has 0 radical (unpaired) electrons. The van der Waals surface area contributed by atoms with Crippen LogP contribution >= 0.6 is 0 Å². The van der Waals surface area contributed by atoms with Gasteiger partial charge >= 0.3 is 17.8 Å². The average Bonchev–Trinajstić information content (AvgIpc) is 2.66. The summed E-state index contributed by atoms with van der Waals surface area (Å²) in [5.41, 5.74) is 1.19. The molecule has 7 heteroatoms. The summed E-state index contributed by atoms with van der Waals surface area (Å²) in [7, 11) is 2.80. The molecule has 0 unspecified atom stereocenters. The van der Waals surface area contributed by atoms with Crippen LogP contribution in [0.2, 0.25) is 0 Å². The Balaban J connectivity index is 1.96. The zero-order chi connectivity index (χ0) is 18.2. The Morgan fingerprint density at radius 1 is 0.920 bits per heavy atom. The van der Waals surface area contributed by atoms with Crippen molar-refractivity contribution in [2.24, 2.45) is 0 Å². The van der Waals surface area contributed by atoms with Gasteiger partial charge in [-0.2, -0.15) is 0 Å². The number of ether oxygens (including phenoxy) is 2. The minimum atomic E-state index is -0.870. The second kappa shape index (κ2) is 8.49. The van der Waals surface area contributed by atoms with Crippen LogP contribution in [-0.2, 0) is 20.9 Å². The average molecular weight is 342 g/mol. The van der Waals surface area contributed by atoms with Crippen LogP contribution < -0.4 is 15.4 Å². The highest BCUT2D eigenvalue weighted by atomic mass is 16.5. The fraction of sp³-hybridized carbons (Fsp3) is 0.167. The van der Waals surface area contributed by atoms with Crippen molar-refractivity contribution in [3.63, 3.8) is 0 Å². The van der Waals surface area contributed by atoms with E-state index in [4.69, 9.17) is 4.74 Å². The lowest BCUT2D eigenvalue weighted by molar-refractivity contribution is -0.136. The molecule has 0 fully saturated rings. The van der Waals surface area contributed by atoms with E-state index in [0.717, 1.165) is 5.56 Å². The zero-order valence-corrected chi connectivity index (χ0v) is 13.9. The number of esters is 1. The highest BCUT2D eigenvalue weighted by Gasteiger charge is 2.17. The van der Waals surface area contributed by atoms with E-state index in [2.05, 4.69) is 15.4 Å². The molecule has 0 saturated heterocycles. The molecule has 130 valence electrons. The van der Waals surface area contributed by atoms with Gasteiger partial charge in [0.1, 0.15) is 5.75 Å². The van der Waals surface area contributed by atoms with Gasteiger partial charge in [0.25, 0.3) is 0 Å². The first-order chi connectivity index (χ1) is 12.0. The number of benzene rings is 2. The first kappa shape index (κ1) is 18.0. The summed E-state index contributed by atoms with van der Waals surface area (Å²) in [5, 5.41) is 4.92. The number of hydrogen-bond donors (Lipinski definition) is 2. The number of para-hydroxylation sites is 1. The predicted molar refractivity (Wildman–Crippen MR) is 91.3 cm³/mol. The summed E-state index contributed by atoms with van der Waals surface area (Å²) in [4.78, 5) is 35.6. The van der Waals surface area contributed by atoms with Crippen LogP contribution in [0.15, 0.2) is 48.5 Å². The molecule has 0 atom stereocenters. The fourth-order valence-electron chi connectivity index (χ4n) is 2.07. The van der Waals surface area contributed by atoms with Gasteiger partial charge in [-0.15, -0.1) is 0 Å². The number of methoxy groups -OCH3 is 2. The number of nitrogens with one attached hydrogen (secondary N) is 2. The lowest BCUT2D eigenvalue weighted by atomic mass is 10.2. The molecule has 2 rings (SSSR count). The summed E-state index contributed by atoms with van der Waals surface area (Å²) < 4.78 is 9.69. The van der Waals surface area contributed by atoms with Gasteiger partial charge < -0.3 is 20.1 Å². The predicted octanol–water partition coefficient (Wildman–Crippen LogP) is 1.74. The number of amides is 2. The Bertz CT molecular complexity index is 771. The smallest absolute Gasteiger partial charge is 0.339 e. The van der Waals surface area contributed by atoms with Gasteiger partial charge in [0, 0.05) is 6.54 Å². The molecule has 2 amide bonds. The van der Waals surface area contributed by atoms with Crippen molar-refractivity contribution in [3.05, 3.63) is 59.7 Å². The van der Waals surface area contributed by atoms with Crippen LogP contribution in [0.5, 0.6) is 5.75 Å². The third kappa shape index (κ3) is 4.81. The third-order valence-electron chi connectivity index (χ3n) is 3.40. The summed E-state index contributed by atoms with van der Waals surface area (Å²) in [6, 6.07) is 13.4. The van der Waals surface area contributed by atoms with E-state index in [1.165, 1.54) is 19.2 Å². The Morgan fingerprint density at radius 2 is 1.60 bits per heavy atom. The number of rotatable bonds is 5. The van der Waals surface area contributed by atoms with Gasteiger partial charge in [0.15, 0.2) is 0 Å². The van der Waals surface area contributed by atoms with Crippen molar-refractivity contribution < 1.29 is 23.9 Å². The standard InChI is InChI=1S/C18H18N2O5/c1-24-13-9-7-12(8-10-13)11-19-16(21)17(22)20-15-6-4-3-5-14(15)18(23)25-2/h3-10H,11H2,1-2H3,(H,19,21)(H,20,22). The first-order valence-electron chi connectivity index (χ1n) is 7.44. The maximum atomic E-state index is 12.0. The molecule has 7 nitrogen and oxygen atoms in total. The van der Waals surface area contributed by atoms with Crippen molar-refractivity contribution in [2.45, 2.75) is 6.54 Å². The normalized spacial score (nSPS) is 9.84. The van der Waals surface area contributed by atoms with Crippen molar-refractivity contribution in [1.82, 2.24) is 5.32 Å². The Labute approximate surface area is 144 Å². The fourth-order valence-corrected chi connectivity index (χ4v) is 2.07. The number of carbonyl (C=O) groups excluding carboxylic acids is 3. The largest absolute Gasteiger partial charge is 0.497 e. The molecule has 0 aliphatic rings. The maximum Gasteiger partial charge on any atom is 0.339 e. The molecule has 0 spiro atoms. The van der Waals surface area contributed by atoms with E-state index in [-0.39, 0.29) is 17.8 Å². The Morgan fingerprint density at radius 3 is 2.24 bits per heavy atom. The summed E-state index contributed by atoms with van der Waals surface area (Å²) in [6.07, 6.45) is 0. The minimum absolute atomic E-state index is 0.168. The van der Waals surface area contributed by atoms with Gasteiger partial charge in [-0.25, -0.2) is 4.79 Å². The van der Waals surface area contributed by atoms with Crippen LogP contribution in [0, 0.1) is 0 Å². The number of anilines is 1. The van der Waals surface area contributed by atoms with E-state index in [1.54, 1.807) is 43.5 Å². The summed E-state index contributed by atoms with van der Waals surface area (Å²) >= 11 is 0. The zero-order valence-electron chi connectivity index (χ0n) is 13.9. The summed E-state index contributed by atoms with van der Waals surface area (Å²) in [6.45, 7) is 0.189. The van der Waals surface area contributed by atoms with E-state index >= 15 is 0 Å². The SMILES string of the molecule is COC(=O)c1ccccc1NC(=O)C(=O)NCc1ccc(OC)cc1. The van der Waals surface area contributed by atoms with Crippen molar-refractivity contribution in [2.75, 3.05) is 19.5 Å². The quantitative estimate of drug-likeness (QED) is 0.638. The molecule has 0 bridgehead atoms. The first-order valence-corrected chi connectivity index (χ1v) is 7.44. The van der Waals surface area contributed by atoms with Crippen molar-refractivity contribution >= 4 is 23.5 Å². The van der Waals surface area contributed by atoms with Gasteiger partial charge in [-0.1, -0.05) is 24.3 Å². The number of carbonyl (C=O) groups is 3. The molecular weight excluding hydrogens is 324 g/mol. The van der Waals surface area contributed by atoms with Crippen molar-refractivity contribution in [1.29, 1.82) is 0 Å². The second-order valence-corrected chi connectivity index (χ2v) is 5.02. The molecule has 0 aliphatic heterocycles. The molecular formula is C18H18N2O5. The van der Waals surface area contributed by atoms with E-state index in [0.29, 0.717) is 5.75 Å². The highest BCUT2D eigenvalue weighted by molar-refractivity contribution is 6.39. The Kier molecular flexibility index (Phi) is 6.11. The molecule has 0 aromatic heterocycles. The van der Waals surface area contributed by atoms with Gasteiger partial charge in [-0.3, -0.25) is 9.59 Å². The topological polar surface area (TPSA) is 93.7 Å². The molecule has 2 aromatic carbocycles. The van der Waals surface area contributed by atoms with Crippen LogP contribution in [0.3, 0.4) is 0 Å². The third-order valence-corrected chi connectivity index (χ3v) is 3.40. The second-order valence-electron chi connectivity index (χ2n) is 5.02. The van der Waals surface area contributed by atoms with Crippen molar-refractivity contribution in [3.8, 4) is 5.75 Å². The van der Waals surface area contributed by atoms with Gasteiger partial charge in [0.2, 0.25) is 0 Å². The van der Waals surface area contributed by atoms with E-state index < -0.39 is 17.8 Å². The summed E-state index contributed by atoms with van der Waals surface area (Å²) in [5.74, 6) is -1.58. The number of hydrogen-bond acceptors (Lipinski definition) is 5. The monoisotopic (exact) mass is 342 g/mol. The van der Waals surface area contributed by atoms with Crippen LogP contribution in [0.1, 0.15) is 15.9 Å². The van der Waals surface area contributed by atoms with Gasteiger partial charge in [0.05, 0.1) is 25.5 Å². The minimum Gasteiger partial charge on any atom is -0.497 e.